The van der Waals surface area contributed by atoms with Gasteiger partial charge in [-0.3, -0.25) is 4.79 Å². The van der Waals surface area contributed by atoms with Gasteiger partial charge in [0, 0.05) is 18.7 Å². The highest BCUT2D eigenvalue weighted by Gasteiger charge is 2.05. The Morgan fingerprint density at radius 3 is 2.32 bits per heavy atom. The fraction of sp³-hybridized carbons (Fsp3) is 0.429. The molecule has 0 aromatic heterocycles. The van der Waals surface area contributed by atoms with Crippen LogP contribution in [0.5, 0.6) is 0 Å². The Hall–Kier alpha value is -2.04. The highest BCUT2D eigenvalue weighted by Crippen LogP contribution is 2.05. The van der Waals surface area contributed by atoms with Crippen molar-refractivity contribution in [3.63, 3.8) is 0 Å². The van der Waals surface area contributed by atoms with E-state index in [2.05, 4.69) is 24.5 Å². The summed E-state index contributed by atoms with van der Waals surface area (Å²) in [5.41, 5.74) is 6.50. The van der Waals surface area contributed by atoms with Crippen molar-refractivity contribution in [3.05, 3.63) is 35.4 Å². The zero-order valence-electron chi connectivity index (χ0n) is 11.4. The largest absolute Gasteiger partial charge is 0.352 e. The van der Waals surface area contributed by atoms with Crippen molar-refractivity contribution in [2.24, 2.45) is 11.7 Å². The summed E-state index contributed by atoms with van der Waals surface area (Å²) in [6.45, 7) is 5.28. The number of primary amides is 1. The minimum Gasteiger partial charge on any atom is -0.352 e. The lowest BCUT2D eigenvalue weighted by Gasteiger charge is -2.08. The number of nitrogens with one attached hydrogen (secondary N) is 2. The molecular weight excluding hydrogens is 242 g/mol. The molecular formula is C14H21N3O2. The lowest BCUT2D eigenvalue weighted by atomic mass is 10.1. The average molecular weight is 263 g/mol. The Labute approximate surface area is 113 Å². The van der Waals surface area contributed by atoms with E-state index in [1.807, 2.05) is 0 Å². The molecule has 3 amide bonds. The Kier molecular flexibility index (Phi) is 5.85. The van der Waals surface area contributed by atoms with Crippen LogP contribution in [-0.4, -0.2) is 18.5 Å². The third kappa shape index (κ3) is 5.90. The smallest absolute Gasteiger partial charge is 0.312 e. The number of carbonyl (C=O) groups excluding carboxylic acids is 2. The van der Waals surface area contributed by atoms with Crippen LogP contribution >= 0.6 is 0 Å². The minimum absolute atomic E-state index is 0.0740. The minimum atomic E-state index is -0.560. The van der Waals surface area contributed by atoms with Crippen molar-refractivity contribution in [1.29, 1.82) is 0 Å². The summed E-state index contributed by atoms with van der Waals surface area (Å²) in [6.07, 6.45) is 0.965. The second-order valence-electron chi connectivity index (χ2n) is 4.85. The first-order valence-corrected chi connectivity index (χ1v) is 6.39. The highest BCUT2D eigenvalue weighted by atomic mass is 16.2. The van der Waals surface area contributed by atoms with Gasteiger partial charge in [0.25, 0.3) is 5.91 Å². The van der Waals surface area contributed by atoms with Gasteiger partial charge in [0.2, 0.25) is 0 Å². The molecule has 1 aromatic rings. The summed E-state index contributed by atoms with van der Waals surface area (Å²) in [5, 5.41) is 5.37. The van der Waals surface area contributed by atoms with E-state index in [4.69, 9.17) is 5.73 Å². The zero-order chi connectivity index (χ0) is 14.3. The molecule has 4 N–H and O–H groups in total. The fourth-order valence-electron chi connectivity index (χ4n) is 1.54. The summed E-state index contributed by atoms with van der Waals surface area (Å²) in [4.78, 5) is 22.4. The van der Waals surface area contributed by atoms with Gasteiger partial charge in [-0.1, -0.05) is 26.0 Å². The lowest BCUT2D eigenvalue weighted by molar-refractivity contribution is 0.0952. The third-order valence-corrected chi connectivity index (χ3v) is 2.69. The first kappa shape index (κ1) is 15.0. The lowest BCUT2D eigenvalue weighted by Crippen LogP contribution is -2.28. The number of amides is 3. The van der Waals surface area contributed by atoms with Crippen LogP contribution in [0.3, 0.4) is 0 Å². The van der Waals surface area contributed by atoms with Crippen LogP contribution in [0, 0.1) is 5.92 Å². The number of rotatable bonds is 6. The van der Waals surface area contributed by atoms with Crippen molar-refractivity contribution in [2.75, 3.05) is 6.54 Å². The van der Waals surface area contributed by atoms with Gasteiger partial charge >= 0.3 is 6.03 Å². The maximum absolute atomic E-state index is 11.8. The first-order valence-electron chi connectivity index (χ1n) is 6.39. The quantitative estimate of drug-likeness (QED) is 0.728. The molecule has 1 aromatic carbocycles. The Morgan fingerprint density at radius 2 is 1.79 bits per heavy atom. The van der Waals surface area contributed by atoms with Gasteiger partial charge in [0.05, 0.1) is 0 Å². The number of hydrogen-bond acceptors (Lipinski definition) is 2. The van der Waals surface area contributed by atoms with Crippen LogP contribution in [0.15, 0.2) is 24.3 Å². The highest BCUT2D eigenvalue weighted by molar-refractivity contribution is 5.94. The molecule has 0 saturated carbocycles. The van der Waals surface area contributed by atoms with E-state index in [-0.39, 0.29) is 5.91 Å². The molecule has 0 unspecified atom stereocenters. The van der Waals surface area contributed by atoms with E-state index < -0.39 is 6.03 Å². The summed E-state index contributed by atoms with van der Waals surface area (Å²) in [5.74, 6) is 0.498. The topological polar surface area (TPSA) is 84.2 Å². The summed E-state index contributed by atoms with van der Waals surface area (Å²) in [6, 6.07) is 6.52. The molecule has 5 nitrogen and oxygen atoms in total. The SMILES string of the molecule is CC(C)CCNC(=O)c1ccc(CNC(N)=O)cc1. The molecule has 19 heavy (non-hydrogen) atoms. The third-order valence-electron chi connectivity index (χ3n) is 2.69. The molecule has 0 bridgehead atoms. The van der Waals surface area contributed by atoms with Gasteiger partial charge in [-0.25, -0.2) is 4.79 Å². The molecule has 104 valence electrons. The summed E-state index contributed by atoms with van der Waals surface area (Å²) >= 11 is 0. The Bertz CT molecular complexity index is 427. The van der Waals surface area contributed by atoms with E-state index in [9.17, 15) is 9.59 Å². The Morgan fingerprint density at radius 1 is 1.16 bits per heavy atom. The molecule has 1 rings (SSSR count). The number of benzene rings is 1. The molecule has 0 heterocycles. The van der Waals surface area contributed by atoms with E-state index in [1.54, 1.807) is 24.3 Å². The molecule has 5 heteroatoms. The fourth-order valence-corrected chi connectivity index (χ4v) is 1.54. The molecule has 0 radical (unpaired) electrons. The molecule has 0 saturated heterocycles. The maximum Gasteiger partial charge on any atom is 0.312 e. The Balaban J connectivity index is 2.46. The number of urea groups is 1. The standard InChI is InChI=1S/C14H21N3O2/c1-10(2)7-8-16-13(18)12-5-3-11(4-6-12)9-17-14(15)19/h3-6,10H,7-9H2,1-2H3,(H,16,18)(H3,15,17,19). The van der Waals surface area contributed by atoms with Crippen LogP contribution in [0.2, 0.25) is 0 Å². The van der Waals surface area contributed by atoms with Gasteiger partial charge < -0.3 is 16.4 Å². The van der Waals surface area contributed by atoms with Crippen LogP contribution in [0.1, 0.15) is 36.2 Å². The van der Waals surface area contributed by atoms with Gasteiger partial charge in [0.15, 0.2) is 0 Å². The van der Waals surface area contributed by atoms with Crippen LogP contribution < -0.4 is 16.4 Å². The van der Waals surface area contributed by atoms with Crippen LogP contribution in [0.25, 0.3) is 0 Å². The van der Waals surface area contributed by atoms with Crippen molar-refractivity contribution >= 4 is 11.9 Å². The second kappa shape index (κ2) is 7.41. The number of hydrogen-bond donors (Lipinski definition) is 3. The van der Waals surface area contributed by atoms with Crippen molar-refractivity contribution < 1.29 is 9.59 Å². The van der Waals surface area contributed by atoms with Crippen LogP contribution in [0.4, 0.5) is 4.79 Å². The summed E-state index contributed by atoms with van der Waals surface area (Å²) in [7, 11) is 0. The molecule has 0 atom stereocenters. The predicted octanol–water partition coefficient (Wildman–Crippen LogP) is 1.63. The normalized spacial score (nSPS) is 10.3. The molecule has 0 aliphatic rings. The van der Waals surface area contributed by atoms with Crippen molar-refractivity contribution in [1.82, 2.24) is 10.6 Å². The van der Waals surface area contributed by atoms with E-state index in [0.29, 0.717) is 24.6 Å². The average Bonchev–Trinajstić information content (AvgIpc) is 2.36. The second-order valence-corrected chi connectivity index (χ2v) is 4.85. The number of carbonyl (C=O) groups is 2. The molecule has 0 aliphatic carbocycles. The monoisotopic (exact) mass is 263 g/mol. The number of nitrogens with two attached hydrogens (primary N) is 1. The van der Waals surface area contributed by atoms with Crippen molar-refractivity contribution in [3.8, 4) is 0 Å². The maximum atomic E-state index is 11.8. The van der Waals surface area contributed by atoms with Gasteiger partial charge in [-0.15, -0.1) is 0 Å². The van der Waals surface area contributed by atoms with Gasteiger partial charge in [0.1, 0.15) is 0 Å². The van der Waals surface area contributed by atoms with E-state index >= 15 is 0 Å². The molecule has 0 fully saturated rings. The zero-order valence-corrected chi connectivity index (χ0v) is 11.4. The van der Waals surface area contributed by atoms with Crippen LogP contribution in [-0.2, 0) is 6.54 Å². The molecule has 0 spiro atoms. The van der Waals surface area contributed by atoms with E-state index in [0.717, 1.165) is 12.0 Å². The van der Waals surface area contributed by atoms with Gasteiger partial charge in [-0.2, -0.15) is 0 Å². The van der Waals surface area contributed by atoms with Gasteiger partial charge in [-0.05, 0) is 30.0 Å². The molecule has 0 aliphatic heterocycles. The van der Waals surface area contributed by atoms with Crippen molar-refractivity contribution in [2.45, 2.75) is 26.8 Å². The predicted molar refractivity (Wildman–Crippen MR) is 74.7 cm³/mol. The summed E-state index contributed by atoms with van der Waals surface area (Å²) < 4.78 is 0. The van der Waals surface area contributed by atoms with E-state index in [1.165, 1.54) is 0 Å². The first-order chi connectivity index (χ1) is 8.99.